The van der Waals surface area contributed by atoms with E-state index in [1.807, 2.05) is 36.1 Å². The van der Waals surface area contributed by atoms with Crippen molar-refractivity contribution < 1.29 is 8.42 Å². The summed E-state index contributed by atoms with van der Waals surface area (Å²) >= 11 is 0. The lowest BCUT2D eigenvalue weighted by atomic mass is 10.2. The van der Waals surface area contributed by atoms with E-state index in [2.05, 4.69) is 15.3 Å². The third-order valence-electron chi connectivity index (χ3n) is 3.56. The van der Waals surface area contributed by atoms with Crippen molar-refractivity contribution in [1.29, 1.82) is 0 Å². The first kappa shape index (κ1) is 14.1. The van der Waals surface area contributed by atoms with Gasteiger partial charge in [0.1, 0.15) is 5.82 Å². The molecule has 0 unspecified atom stereocenters. The Labute approximate surface area is 124 Å². The van der Waals surface area contributed by atoms with Gasteiger partial charge in [0.25, 0.3) is 0 Å². The predicted molar refractivity (Wildman–Crippen MR) is 84.6 cm³/mol. The fourth-order valence-corrected chi connectivity index (χ4v) is 3.66. The summed E-state index contributed by atoms with van der Waals surface area (Å²) in [5.74, 6) is 1.76. The lowest BCUT2D eigenvalue weighted by Gasteiger charge is -2.28. The molecule has 2 heterocycles. The SMILES string of the molecule is CCNc1nc(N2CCS(=O)(=O)CC2)c2ccccc2n1. The lowest BCUT2D eigenvalue weighted by molar-refractivity contribution is 0.586. The number of nitrogens with one attached hydrogen (secondary N) is 1. The molecule has 0 spiro atoms. The summed E-state index contributed by atoms with van der Waals surface area (Å²) in [5, 5.41) is 4.09. The zero-order chi connectivity index (χ0) is 14.9. The van der Waals surface area contributed by atoms with Gasteiger partial charge in [0.2, 0.25) is 5.95 Å². The fourth-order valence-electron chi connectivity index (χ4n) is 2.46. The summed E-state index contributed by atoms with van der Waals surface area (Å²) in [4.78, 5) is 11.1. The zero-order valence-electron chi connectivity index (χ0n) is 11.9. The van der Waals surface area contributed by atoms with Crippen LogP contribution >= 0.6 is 0 Å². The van der Waals surface area contributed by atoms with Crippen LogP contribution in [0, 0.1) is 0 Å². The van der Waals surface area contributed by atoms with Crippen molar-refractivity contribution in [2.45, 2.75) is 6.92 Å². The quantitative estimate of drug-likeness (QED) is 0.921. The van der Waals surface area contributed by atoms with Crippen molar-refractivity contribution in [1.82, 2.24) is 9.97 Å². The standard InChI is InChI=1S/C14H18N4O2S/c1-2-15-14-16-12-6-4-3-5-11(12)13(17-14)18-7-9-21(19,20)10-8-18/h3-6H,2,7-10H2,1H3,(H,15,16,17). The van der Waals surface area contributed by atoms with E-state index >= 15 is 0 Å². The van der Waals surface area contributed by atoms with E-state index < -0.39 is 9.84 Å². The average Bonchev–Trinajstić information content (AvgIpc) is 2.47. The smallest absolute Gasteiger partial charge is 0.225 e. The van der Waals surface area contributed by atoms with E-state index in [-0.39, 0.29) is 11.5 Å². The molecule has 6 nitrogen and oxygen atoms in total. The highest BCUT2D eigenvalue weighted by molar-refractivity contribution is 7.91. The van der Waals surface area contributed by atoms with E-state index in [9.17, 15) is 8.42 Å². The molecule has 0 saturated carbocycles. The molecule has 1 fully saturated rings. The molecule has 0 aliphatic carbocycles. The summed E-state index contributed by atoms with van der Waals surface area (Å²) in [7, 11) is -2.90. The average molecular weight is 306 g/mol. The first-order valence-corrected chi connectivity index (χ1v) is 8.87. The Morgan fingerprint density at radius 3 is 2.62 bits per heavy atom. The van der Waals surface area contributed by atoms with Crippen molar-refractivity contribution >= 4 is 32.5 Å². The predicted octanol–water partition coefficient (Wildman–Crippen LogP) is 1.30. The van der Waals surface area contributed by atoms with E-state index in [4.69, 9.17) is 0 Å². The van der Waals surface area contributed by atoms with E-state index in [1.165, 1.54) is 0 Å². The molecule has 1 aromatic carbocycles. The second-order valence-corrected chi connectivity index (χ2v) is 7.36. The second kappa shape index (κ2) is 5.48. The minimum absolute atomic E-state index is 0.182. The molecular weight excluding hydrogens is 288 g/mol. The van der Waals surface area contributed by atoms with Gasteiger partial charge in [-0.1, -0.05) is 12.1 Å². The van der Waals surface area contributed by atoms with Gasteiger partial charge < -0.3 is 10.2 Å². The van der Waals surface area contributed by atoms with Gasteiger partial charge in [0.15, 0.2) is 9.84 Å². The number of hydrogen-bond donors (Lipinski definition) is 1. The van der Waals surface area contributed by atoms with Crippen molar-refractivity contribution in [3.63, 3.8) is 0 Å². The summed E-state index contributed by atoms with van der Waals surface area (Å²) in [6, 6.07) is 7.81. The third-order valence-corrected chi connectivity index (χ3v) is 5.17. The summed E-state index contributed by atoms with van der Waals surface area (Å²) in [6.07, 6.45) is 0. The zero-order valence-corrected chi connectivity index (χ0v) is 12.7. The van der Waals surface area contributed by atoms with Gasteiger partial charge in [0, 0.05) is 25.0 Å². The van der Waals surface area contributed by atoms with Crippen molar-refractivity contribution in [2.24, 2.45) is 0 Å². The lowest BCUT2D eigenvalue weighted by Crippen LogP contribution is -2.40. The van der Waals surface area contributed by atoms with E-state index in [0.717, 1.165) is 23.3 Å². The Bertz CT molecular complexity index is 747. The van der Waals surface area contributed by atoms with Crippen molar-refractivity contribution in [3.05, 3.63) is 24.3 Å². The Balaban J connectivity index is 2.04. The van der Waals surface area contributed by atoms with Gasteiger partial charge >= 0.3 is 0 Å². The molecule has 2 aromatic rings. The van der Waals surface area contributed by atoms with Gasteiger partial charge in [-0.15, -0.1) is 0 Å². The summed E-state index contributed by atoms with van der Waals surface area (Å²) in [6.45, 7) is 3.70. The molecule has 0 radical (unpaired) electrons. The minimum atomic E-state index is -2.90. The monoisotopic (exact) mass is 306 g/mol. The van der Waals surface area contributed by atoms with Crippen LogP contribution in [0.5, 0.6) is 0 Å². The molecule has 1 saturated heterocycles. The van der Waals surface area contributed by atoms with Crippen LogP contribution in [0.15, 0.2) is 24.3 Å². The number of aromatic nitrogens is 2. The number of sulfone groups is 1. The topological polar surface area (TPSA) is 75.2 Å². The van der Waals surface area contributed by atoms with E-state index in [1.54, 1.807) is 0 Å². The highest BCUT2D eigenvalue weighted by Crippen LogP contribution is 2.26. The molecule has 0 bridgehead atoms. The molecule has 0 atom stereocenters. The van der Waals surface area contributed by atoms with Gasteiger partial charge in [-0.05, 0) is 19.1 Å². The minimum Gasteiger partial charge on any atom is -0.354 e. The van der Waals surface area contributed by atoms with Crippen molar-refractivity contribution in [2.75, 3.05) is 41.4 Å². The molecule has 0 amide bonds. The molecule has 1 aliphatic heterocycles. The highest BCUT2D eigenvalue weighted by atomic mass is 32.2. The normalized spacial score (nSPS) is 17.9. The maximum Gasteiger partial charge on any atom is 0.225 e. The van der Waals surface area contributed by atoms with Crippen LogP contribution in [0.25, 0.3) is 10.9 Å². The second-order valence-electron chi connectivity index (χ2n) is 5.06. The number of benzene rings is 1. The third kappa shape index (κ3) is 2.92. The van der Waals surface area contributed by atoms with Gasteiger partial charge in [0.05, 0.1) is 17.0 Å². The Hall–Kier alpha value is -1.89. The van der Waals surface area contributed by atoms with Crippen LogP contribution in [0.4, 0.5) is 11.8 Å². The fraction of sp³-hybridized carbons (Fsp3) is 0.429. The van der Waals surface area contributed by atoms with Crippen LogP contribution in [0.3, 0.4) is 0 Å². The largest absolute Gasteiger partial charge is 0.354 e. The summed E-state index contributed by atoms with van der Waals surface area (Å²) < 4.78 is 23.2. The number of para-hydroxylation sites is 1. The summed E-state index contributed by atoms with van der Waals surface area (Å²) in [5.41, 5.74) is 0.867. The first-order valence-electron chi connectivity index (χ1n) is 7.05. The van der Waals surface area contributed by atoms with Crippen LogP contribution in [-0.2, 0) is 9.84 Å². The number of rotatable bonds is 3. The number of hydrogen-bond acceptors (Lipinski definition) is 6. The Morgan fingerprint density at radius 2 is 1.90 bits per heavy atom. The molecule has 3 rings (SSSR count). The van der Waals surface area contributed by atoms with Crippen LogP contribution in [-0.4, -0.2) is 49.5 Å². The molecular formula is C14H18N4O2S. The van der Waals surface area contributed by atoms with Crippen LogP contribution < -0.4 is 10.2 Å². The maximum atomic E-state index is 11.6. The van der Waals surface area contributed by atoms with Crippen molar-refractivity contribution in [3.8, 4) is 0 Å². The molecule has 21 heavy (non-hydrogen) atoms. The molecule has 7 heteroatoms. The Kier molecular flexibility index (Phi) is 3.67. The first-order chi connectivity index (χ1) is 10.1. The van der Waals surface area contributed by atoms with Gasteiger partial charge in [-0.2, -0.15) is 4.98 Å². The van der Waals surface area contributed by atoms with Crippen LogP contribution in [0.2, 0.25) is 0 Å². The number of nitrogens with zero attached hydrogens (tertiary/aromatic N) is 3. The van der Waals surface area contributed by atoms with Crippen LogP contribution in [0.1, 0.15) is 6.92 Å². The maximum absolute atomic E-state index is 11.6. The number of anilines is 2. The molecule has 112 valence electrons. The Morgan fingerprint density at radius 1 is 1.19 bits per heavy atom. The highest BCUT2D eigenvalue weighted by Gasteiger charge is 2.24. The molecule has 1 aliphatic rings. The number of fused-ring (bicyclic) bond motifs is 1. The van der Waals surface area contributed by atoms with E-state index in [0.29, 0.717) is 19.0 Å². The van der Waals surface area contributed by atoms with Gasteiger partial charge in [-0.25, -0.2) is 13.4 Å². The molecule has 1 N–H and O–H groups in total. The van der Waals surface area contributed by atoms with Gasteiger partial charge in [-0.3, -0.25) is 0 Å². The molecule has 1 aromatic heterocycles.